The number of hydrogen-bond donors (Lipinski definition) is 2. The van der Waals surface area contributed by atoms with Gasteiger partial charge in [0.15, 0.2) is 11.5 Å². The minimum atomic E-state index is 0.529. The Morgan fingerprint density at radius 2 is 2.33 bits per heavy atom. The molecule has 0 amide bonds. The maximum Gasteiger partial charge on any atom is 0.161 e. The molecule has 0 bridgehead atoms. The summed E-state index contributed by atoms with van der Waals surface area (Å²) in [6, 6.07) is 5.49. The number of fused-ring (bicyclic) bond motifs is 1. The highest BCUT2D eigenvalue weighted by Crippen LogP contribution is 2.07. The van der Waals surface area contributed by atoms with Gasteiger partial charge < -0.3 is 5.73 Å². The highest BCUT2D eigenvalue weighted by molar-refractivity contribution is 7.79. The summed E-state index contributed by atoms with van der Waals surface area (Å²) >= 11 is 4.08. The zero-order chi connectivity index (χ0) is 8.55. The number of anilines is 1. The van der Waals surface area contributed by atoms with Crippen LogP contribution in [-0.4, -0.2) is 14.6 Å². The zero-order valence-corrected chi connectivity index (χ0v) is 7.20. The Bertz CT molecular complexity index is 409. The number of rotatable bonds is 1. The largest absolute Gasteiger partial charge is 0.384 e. The third kappa shape index (κ3) is 1.02. The third-order valence-corrected chi connectivity index (χ3v) is 1.86. The molecule has 4 nitrogen and oxygen atoms in total. The molecule has 0 saturated carbocycles. The predicted molar refractivity (Wildman–Crippen MR) is 50.1 cm³/mol. The molecule has 2 rings (SSSR count). The molecule has 0 radical (unpaired) electrons. The van der Waals surface area contributed by atoms with Crippen LogP contribution in [0.4, 0.5) is 5.82 Å². The van der Waals surface area contributed by atoms with E-state index in [9.17, 15) is 0 Å². The second kappa shape index (κ2) is 2.67. The molecule has 2 aromatic rings. The first-order valence-electron chi connectivity index (χ1n) is 3.52. The van der Waals surface area contributed by atoms with Crippen LogP contribution in [0.1, 0.15) is 5.82 Å². The van der Waals surface area contributed by atoms with E-state index in [1.165, 1.54) is 0 Å². The number of nitrogens with zero attached hydrogens (tertiary/aromatic N) is 3. The molecule has 0 aliphatic carbocycles. The van der Waals surface area contributed by atoms with Gasteiger partial charge >= 0.3 is 0 Å². The fourth-order valence-electron chi connectivity index (χ4n) is 1.04. The Labute approximate surface area is 74.8 Å². The zero-order valence-electron chi connectivity index (χ0n) is 6.31. The van der Waals surface area contributed by atoms with Gasteiger partial charge in [-0.25, -0.2) is 4.98 Å². The van der Waals surface area contributed by atoms with Crippen LogP contribution < -0.4 is 5.73 Å². The second-order valence-corrected chi connectivity index (χ2v) is 2.72. The van der Waals surface area contributed by atoms with Gasteiger partial charge in [-0.2, -0.15) is 17.1 Å². The first-order chi connectivity index (χ1) is 5.81. The summed E-state index contributed by atoms with van der Waals surface area (Å²) in [5.41, 5.74) is 6.42. The van der Waals surface area contributed by atoms with Gasteiger partial charge in [0.1, 0.15) is 5.82 Å². The smallest absolute Gasteiger partial charge is 0.161 e. The van der Waals surface area contributed by atoms with E-state index >= 15 is 0 Å². The fraction of sp³-hybridized carbons (Fsp3) is 0.143. The molecule has 2 aromatic heterocycles. The molecule has 2 heterocycles. The van der Waals surface area contributed by atoms with Crippen LogP contribution in [0.3, 0.4) is 0 Å². The number of nitrogen functional groups attached to an aromatic ring is 1. The summed E-state index contributed by atoms with van der Waals surface area (Å²) in [5.74, 6) is 1.81. The lowest BCUT2D eigenvalue weighted by Gasteiger charge is -1.93. The van der Waals surface area contributed by atoms with Crippen LogP contribution in [0.25, 0.3) is 5.65 Å². The summed E-state index contributed by atoms with van der Waals surface area (Å²) in [6.45, 7) is 0. The lowest BCUT2D eigenvalue weighted by molar-refractivity contribution is 0.936. The van der Waals surface area contributed by atoms with E-state index in [0.717, 1.165) is 5.65 Å². The van der Waals surface area contributed by atoms with Crippen molar-refractivity contribution < 1.29 is 0 Å². The Hall–Kier alpha value is -1.23. The first kappa shape index (κ1) is 7.42. The lowest BCUT2D eigenvalue weighted by atomic mass is 10.4. The maximum absolute atomic E-state index is 5.66. The van der Waals surface area contributed by atoms with Gasteiger partial charge in [-0.05, 0) is 12.1 Å². The van der Waals surface area contributed by atoms with Gasteiger partial charge in [0.25, 0.3) is 0 Å². The SMILES string of the molecule is Nc1cccc2nc(CS)nn12. The van der Waals surface area contributed by atoms with Gasteiger partial charge in [0.2, 0.25) is 0 Å². The minimum Gasteiger partial charge on any atom is -0.384 e. The van der Waals surface area contributed by atoms with Gasteiger partial charge in [-0.3, -0.25) is 0 Å². The number of thiol groups is 1. The lowest BCUT2D eigenvalue weighted by Crippen LogP contribution is -1.97. The van der Waals surface area contributed by atoms with Crippen molar-refractivity contribution in [2.75, 3.05) is 5.73 Å². The normalized spacial score (nSPS) is 10.8. The molecule has 0 unspecified atom stereocenters. The summed E-state index contributed by atoms with van der Waals surface area (Å²) in [7, 11) is 0. The molecule has 12 heavy (non-hydrogen) atoms. The predicted octanol–water partition coefficient (Wildman–Crippen LogP) is 0.741. The maximum atomic E-state index is 5.66. The number of aromatic nitrogens is 3. The van der Waals surface area contributed by atoms with Crippen molar-refractivity contribution in [2.24, 2.45) is 0 Å². The topological polar surface area (TPSA) is 56.2 Å². The average Bonchev–Trinajstić information content (AvgIpc) is 2.49. The fourth-order valence-corrected chi connectivity index (χ4v) is 1.17. The van der Waals surface area contributed by atoms with Crippen molar-refractivity contribution in [3.8, 4) is 0 Å². The molecule has 0 atom stereocenters. The second-order valence-electron chi connectivity index (χ2n) is 2.41. The highest BCUT2D eigenvalue weighted by Gasteiger charge is 2.02. The average molecular weight is 180 g/mol. The molecular weight excluding hydrogens is 172 g/mol. The molecule has 0 aromatic carbocycles. The van der Waals surface area contributed by atoms with E-state index in [4.69, 9.17) is 5.73 Å². The van der Waals surface area contributed by atoms with Crippen molar-refractivity contribution in [1.82, 2.24) is 14.6 Å². The van der Waals surface area contributed by atoms with Gasteiger partial charge in [-0.15, -0.1) is 5.10 Å². The molecule has 0 aliphatic rings. The Balaban J connectivity index is 2.74. The van der Waals surface area contributed by atoms with Crippen molar-refractivity contribution in [1.29, 1.82) is 0 Å². The Morgan fingerprint density at radius 3 is 3.00 bits per heavy atom. The molecule has 5 heteroatoms. The van der Waals surface area contributed by atoms with Crippen LogP contribution in [0.2, 0.25) is 0 Å². The number of hydrogen-bond acceptors (Lipinski definition) is 4. The standard InChI is InChI=1S/C7H8N4S/c8-5-2-1-3-7-9-6(4-12)10-11(5)7/h1-3,12H,4,8H2. The molecule has 0 spiro atoms. The van der Waals surface area contributed by atoms with E-state index in [2.05, 4.69) is 22.7 Å². The van der Waals surface area contributed by atoms with E-state index in [1.807, 2.05) is 12.1 Å². The molecule has 0 fully saturated rings. The third-order valence-electron chi connectivity index (χ3n) is 1.57. The quantitative estimate of drug-likeness (QED) is 0.636. The monoisotopic (exact) mass is 180 g/mol. The number of nitrogens with two attached hydrogens (primary N) is 1. The van der Waals surface area contributed by atoms with Crippen molar-refractivity contribution in [3.05, 3.63) is 24.0 Å². The highest BCUT2D eigenvalue weighted by atomic mass is 32.1. The Morgan fingerprint density at radius 1 is 1.50 bits per heavy atom. The Kier molecular flexibility index (Phi) is 1.65. The summed E-state index contributed by atoms with van der Waals surface area (Å²) < 4.78 is 1.60. The van der Waals surface area contributed by atoms with Crippen LogP contribution >= 0.6 is 12.6 Å². The van der Waals surface area contributed by atoms with Gasteiger partial charge in [-0.1, -0.05) is 6.07 Å². The van der Waals surface area contributed by atoms with Crippen molar-refractivity contribution in [2.45, 2.75) is 5.75 Å². The van der Waals surface area contributed by atoms with E-state index in [-0.39, 0.29) is 0 Å². The van der Waals surface area contributed by atoms with Gasteiger partial charge in [0.05, 0.1) is 5.75 Å². The summed E-state index contributed by atoms with van der Waals surface area (Å²) in [5, 5.41) is 4.13. The van der Waals surface area contributed by atoms with E-state index in [1.54, 1.807) is 10.6 Å². The molecule has 62 valence electrons. The molecule has 0 aliphatic heterocycles. The van der Waals surface area contributed by atoms with E-state index in [0.29, 0.717) is 17.4 Å². The minimum absolute atomic E-state index is 0.529. The van der Waals surface area contributed by atoms with Gasteiger partial charge in [0, 0.05) is 0 Å². The number of pyridine rings is 1. The van der Waals surface area contributed by atoms with Crippen molar-refractivity contribution >= 4 is 24.1 Å². The van der Waals surface area contributed by atoms with Crippen LogP contribution in [-0.2, 0) is 5.75 Å². The van der Waals surface area contributed by atoms with Crippen LogP contribution in [0.15, 0.2) is 18.2 Å². The van der Waals surface area contributed by atoms with Crippen molar-refractivity contribution in [3.63, 3.8) is 0 Å². The molecule has 2 N–H and O–H groups in total. The summed E-state index contributed by atoms with van der Waals surface area (Å²) in [4.78, 5) is 4.19. The van der Waals surface area contributed by atoms with Crippen LogP contribution in [0, 0.1) is 0 Å². The first-order valence-corrected chi connectivity index (χ1v) is 4.15. The molecule has 0 saturated heterocycles. The molecular formula is C7H8N4S. The van der Waals surface area contributed by atoms with Crippen LogP contribution in [0.5, 0.6) is 0 Å². The summed E-state index contributed by atoms with van der Waals surface area (Å²) in [6.07, 6.45) is 0. The van der Waals surface area contributed by atoms with E-state index < -0.39 is 0 Å².